The fraction of sp³-hybridized carbons (Fsp3) is 0.375. The first-order chi connectivity index (χ1) is 10.9. The number of carbonyl (C=O) groups is 1. The van der Waals surface area contributed by atoms with Crippen LogP contribution in [-0.2, 0) is 4.79 Å². The highest BCUT2D eigenvalue weighted by atomic mass is 19.1. The van der Waals surface area contributed by atoms with Crippen molar-refractivity contribution in [2.45, 2.75) is 26.7 Å². The Kier molecular flexibility index (Phi) is 4.88. The molecule has 1 amide bonds. The Labute approximate surface area is 134 Å². The van der Waals surface area contributed by atoms with Crippen LogP contribution in [0.5, 0.6) is 11.5 Å². The Hall–Kier alpha value is -2.57. The summed E-state index contributed by atoms with van der Waals surface area (Å²) in [7, 11) is 2.80. The fourth-order valence-corrected chi connectivity index (χ4v) is 2.53. The number of anilines is 1. The van der Waals surface area contributed by atoms with Crippen LogP contribution in [0.2, 0.25) is 0 Å². The van der Waals surface area contributed by atoms with Crippen LogP contribution < -0.4 is 14.8 Å². The lowest BCUT2D eigenvalue weighted by atomic mass is 9.98. The molecule has 0 aliphatic rings. The van der Waals surface area contributed by atoms with E-state index in [4.69, 9.17) is 9.47 Å². The summed E-state index contributed by atoms with van der Waals surface area (Å²) in [5.41, 5.74) is 2.67. The number of amides is 1. The van der Waals surface area contributed by atoms with Crippen LogP contribution in [0.1, 0.15) is 29.8 Å². The normalized spacial score (nSPS) is 11.9. The second kappa shape index (κ2) is 6.68. The maximum absolute atomic E-state index is 13.9. The topological polar surface area (TPSA) is 76.2 Å². The van der Waals surface area contributed by atoms with Gasteiger partial charge in [-0.1, -0.05) is 0 Å². The number of aromatic nitrogens is 2. The summed E-state index contributed by atoms with van der Waals surface area (Å²) in [4.78, 5) is 12.5. The molecular formula is C16H20FN3O3. The van der Waals surface area contributed by atoms with Gasteiger partial charge in [-0.2, -0.15) is 5.10 Å². The summed E-state index contributed by atoms with van der Waals surface area (Å²) >= 11 is 0. The third-order valence-electron chi connectivity index (χ3n) is 3.74. The highest BCUT2D eigenvalue weighted by molar-refractivity contribution is 5.97. The van der Waals surface area contributed by atoms with E-state index in [0.717, 1.165) is 17.0 Å². The molecule has 1 heterocycles. The minimum atomic E-state index is -0.577. The quantitative estimate of drug-likeness (QED) is 0.888. The molecule has 1 aromatic heterocycles. The molecule has 0 saturated heterocycles. The number of rotatable bonds is 5. The van der Waals surface area contributed by atoms with Gasteiger partial charge < -0.3 is 14.8 Å². The molecule has 124 valence electrons. The number of nitrogens with one attached hydrogen (secondary N) is 2. The molecule has 6 nitrogen and oxygen atoms in total. The molecule has 7 heteroatoms. The minimum absolute atomic E-state index is 0.0504. The molecular weight excluding hydrogens is 301 g/mol. The van der Waals surface area contributed by atoms with E-state index in [1.165, 1.54) is 26.4 Å². The van der Waals surface area contributed by atoms with E-state index in [9.17, 15) is 9.18 Å². The van der Waals surface area contributed by atoms with Crippen molar-refractivity contribution in [3.8, 4) is 11.5 Å². The number of aryl methyl sites for hydroxylation is 2. The van der Waals surface area contributed by atoms with Crippen LogP contribution >= 0.6 is 0 Å². The molecule has 0 unspecified atom stereocenters. The van der Waals surface area contributed by atoms with Gasteiger partial charge in [0.1, 0.15) is 5.75 Å². The Balaban J connectivity index is 2.28. The van der Waals surface area contributed by atoms with Crippen LogP contribution in [0.3, 0.4) is 0 Å². The van der Waals surface area contributed by atoms with Crippen LogP contribution in [0.25, 0.3) is 0 Å². The molecule has 0 bridgehead atoms. The number of ether oxygens (including phenoxy) is 2. The molecule has 0 saturated carbocycles. The van der Waals surface area contributed by atoms with E-state index in [2.05, 4.69) is 15.5 Å². The molecule has 2 N–H and O–H groups in total. The molecule has 2 rings (SSSR count). The Morgan fingerprint density at radius 2 is 1.91 bits per heavy atom. The first-order valence-electron chi connectivity index (χ1n) is 7.12. The largest absolute Gasteiger partial charge is 0.494 e. The molecule has 23 heavy (non-hydrogen) atoms. The lowest BCUT2D eigenvalue weighted by molar-refractivity contribution is -0.117. The summed E-state index contributed by atoms with van der Waals surface area (Å²) in [6.07, 6.45) is 0. The van der Waals surface area contributed by atoms with Gasteiger partial charge in [-0.05, 0) is 20.8 Å². The van der Waals surface area contributed by atoms with Gasteiger partial charge in [0.25, 0.3) is 0 Å². The number of H-pyrrole nitrogens is 1. The van der Waals surface area contributed by atoms with Crippen molar-refractivity contribution in [2.24, 2.45) is 0 Å². The van der Waals surface area contributed by atoms with Crippen LogP contribution in [0.4, 0.5) is 10.1 Å². The van der Waals surface area contributed by atoms with E-state index in [-0.39, 0.29) is 17.3 Å². The van der Waals surface area contributed by atoms with Crippen molar-refractivity contribution >= 4 is 11.6 Å². The third-order valence-corrected chi connectivity index (χ3v) is 3.74. The van der Waals surface area contributed by atoms with Gasteiger partial charge in [0, 0.05) is 23.4 Å². The maximum atomic E-state index is 13.9. The maximum Gasteiger partial charge on any atom is 0.231 e. The Morgan fingerprint density at radius 1 is 1.26 bits per heavy atom. The standard InChI is InChI=1S/C16H20FN3O3/c1-8(15-9(2)19-20-10(15)3)16(21)18-12-6-11(17)13(22-4)7-14(12)23-5/h6-8H,1-5H3,(H,18,21)(H,19,20)/t8-/m0/s1. The van der Waals surface area contributed by atoms with E-state index < -0.39 is 11.7 Å². The van der Waals surface area contributed by atoms with Gasteiger partial charge in [0.2, 0.25) is 5.91 Å². The lowest BCUT2D eigenvalue weighted by Crippen LogP contribution is -2.20. The predicted octanol–water partition coefficient (Wildman–Crippen LogP) is 2.93. The fourth-order valence-electron chi connectivity index (χ4n) is 2.53. The minimum Gasteiger partial charge on any atom is -0.494 e. The number of methoxy groups -OCH3 is 2. The number of hydrogen-bond acceptors (Lipinski definition) is 4. The average molecular weight is 321 g/mol. The van der Waals surface area contributed by atoms with Gasteiger partial charge in [-0.25, -0.2) is 4.39 Å². The zero-order valence-corrected chi connectivity index (χ0v) is 13.8. The Morgan fingerprint density at radius 3 is 2.43 bits per heavy atom. The first kappa shape index (κ1) is 16.8. The molecule has 0 spiro atoms. The molecule has 0 radical (unpaired) electrons. The number of hydrogen-bond donors (Lipinski definition) is 2. The predicted molar refractivity (Wildman–Crippen MR) is 84.6 cm³/mol. The summed E-state index contributed by atoms with van der Waals surface area (Å²) in [6.45, 7) is 5.45. The van der Waals surface area contributed by atoms with Crippen molar-refractivity contribution in [1.82, 2.24) is 10.2 Å². The van der Waals surface area contributed by atoms with E-state index in [1.807, 2.05) is 13.8 Å². The van der Waals surface area contributed by atoms with Gasteiger partial charge in [0.15, 0.2) is 11.6 Å². The zero-order valence-electron chi connectivity index (χ0n) is 13.8. The van der Waals surface area contributed by atoms with E-state index in [0.29, 0.717) is 5.75 Å². The lowest BCUT2D eigenvalue weighted by Gasteiger charge is -2.16. The Bertz CT molecular complexity index is 708. The van der Waals surface area contributed by atoms with Crippen molar-refractivity contribution in [1.29, 1.82) is 0 Å². The zero-order chi connectivity index (χ0) is 17.1. The second-order valence-corrected chi connectivity index (χ2v) is 5.25. The molecule has 0 fully saturated rings. The van der Waals surface area contributed by atoms with E-state index in [1.54, 1.807) is 6.92 Å². The number of aromatic amines is 1. The number of nitrogens with zero attached hydrogens (tertiary/aromatic N) is 1. The highest BCUT2D eigenvalue weighted by Crippen LogP contribution is 2.33. The molecule has 1 atom stereocenters. The van der Waals surface area contributed by atoms with Crippen molar-refractivity contribution in [3.05, 3.63) is 34.9 Å². The molecule has 0 aliphatic carbocycles. The summed E-state index contributed by atoms with van der Waals surface area (Å²) in [5, 5.41) is 9.64. The van der Waals surface area contributed by atoms with Crippen molar-refractivity contribution < 1.29 is 18.7 Å². The van der Waals surface area contributed by atoms with Gasteiger partial charge in [0.05, 0.1) is 31.5 Å². The monoisotopic (exact) mass is 321 g/mol. The second-order valence-electron chi connectivity index (χ2n) is 5.25. The molecule has 1 aromatic carbocycles. The smallest absolute Gasteiger partial charge is 0.231 e. The van der Waals surface area contributed by atoms with Gasteiger partial charge in [-0.3, -0.25) is 9.89 Å². The summed E-state index contributed by atoms with van der Waals surface area (Å²) < 4.78 is 24.0. The SMILES string of the molecule is COc1cc(OC)c(NC(=O)[C@@H](C)c2c(C)n[nH]c2C)cc1F. The molecule has 2 aromatic rings. The van der Waals surface area contributed by atoms with Crippen molar-refractivity contribution in [2.75, 3.05) is 19.5 Å². The molecule has 0 aliphatic heterocycles. The highest BCUT2D eigenvalue weighted by Gasteiger charge is 2.23. The number of halogens is 1. The van der Waals surface area contributed by atoms with Crippen molar-refractivity contribution in [3.63, 3.8) is 0 Å². The summed E-state index contributed by atoms with van der Waals surface area (Å²) in [6, 6.07) is 2.57. The van der Waals surface area contributed by atoms with Gasteiger partial charge in [-0.15, -0.1) is 0 Å². The first-order valence-corrected chi connectivity index (χ1v) is 7.12. The van der Waals surface area contributed by atoms with Crippen LogP contribution in [0, 0.1) is 19.7 Å². The van der Waals surface area contributed by atoms with Crippen LogP contribution in [-0.4, -0.2) is 30.3 Å². The van der Waals surface area contributed by atoms with Crippen LogP contribution in [0.15, 0.2) is 12.1 Å². The third kappa shape index (κ3) is 3.28. The van der Waals surface area contributed by atoms with E-state index >= 15 is 0 Å². The van der Waals surface area contributed by atoms with Gasteiger partial charge >= 0.3 is 0 Å². The number of benzene rings is 1. The average Bonchev–Trinajstić information content (AvgIpc) is 2.85. The summed E-state index contributed by atoms with van der Waals surface area (Å²) in [5.74, 6) is -0.921. The number of carbonyl (C=O) groups excluding carboxylic acids is 1.